The second-order valence-electron chi connectivity index (χ2n) is 4.22. The number of rotatable bonds is 9. The lowest BCUT2D eigenvalue weighted by Gasteiger charge is -2.13. The van der Waals surface area contributed by atoms with Gasteiger partial charge in [-0.2, -0.15) is 13.2 Å². The molecule has 120 valence electrons. The van der Waals surface area contributed by atoms with Crippen LogP contribution in [-0.2, 0) is 10.1 Å². The fourth-order valence-electron chi connectivity index (χ4n) is 1.55. The molecular formula is C14H18BrF3O3. The van der Waals surface area contributed by atoms with Crippen LogP contribution in [0.5, 0.6) is 11.5 Å². The molecule has 0 saturated carbocycles. The van der Waals surface area contributed by atoms with Gasteiger partial charge >= 0.3 is 6.18 Å². The summed E-state index contributed by atoms with van der Waals surface area (Å²) in [4.78, 5) is 0. The number of ether oxygens (including phenoxy) is 3. The summed E-state index contributed by atoms with van der Waals surface area (Å²) in [6.45, 7) is 1.43. The lowest BCUT2D eigenvalue weighted by molar-refractivity contribution is -0.174. The molecule has 7 heteroatoms. The highest BCUT2D eigenvalue weighted by Gasteiger charge is 2.27. The van der Waals surface area contributed by atoms with Crippen LogP contribution in [0.4, 0.5) is 13.2 Å². The maximum Gasteiger partial charge on any atom is 0.411 e. The molecule has 0 aliphatic heterocycles. The highest BCUT2D eigenvalue weighted by molar-refractivity contribution is 9.08. The van der Waals surface area contributed by atoms with E-state index < -0.39 is 12.8 Å². The minimum absolute atomic E-state index is 0.00294. The molecule has 0 fully saturated rings. The molecule has 0 spiro atoms. The third-order valence-corrected chi connectivity index (χ3v) is 3.07. The summed E-state index contributed by atoms with van der Waals surface area (Å²) in [5.41, 5.74) is 1.05. The summed E-state index contributed by atoms with van der Waals surface area (Å²) in [5.74, 6) is 1.21. The normalized spacial score (nSPS) is 11.5. The molecule has 1 aromatic carbocycles. The van der Waals surface area contributed by atoms with E-state index in [1.54, 1.807) is 6.07 Å². The van der Waals surface area contributed by atoms with Crippen LogP contribution in [0.1, 0.15) is 18.9 Å². The molecular weight excluding hydrogens is 353 g/mol. The van der Waals surface area contributed by atoms with Crippen molar-refractivity contribution in [3.63, 3.8) is 0 Å². The molecule has 0 N–H and O–H groups in total. The van der Waals surface area contributed by atoms with Crippen molar-refractivity contribution >= 4 is 15.9 Å². The van der Waals surface area contributed by atoms with E-state index in [1.165, 1.54) is 0 Å². The summed E-state index contributed by atoms with van der Waals surface area (Å²) in [6, 6.07) is 5.55. The maximum absolute atomic E-state index is 11.9. The summed E-state index contributed by atoms with van der Waals surface area (Å²) in [5, 5.41) is 0.707. The minimum Gasteiger partial charge on any atom is -0.490 e. The average molecular weight is 371 g/mol. The zero-order valence-electron chi connectivity index (χ0n) is 11.7. The Hall–Kier alpha value is -0.950. The number of hydrogen-bond acceptors (Lipinski definition) is 3. The minimum atomic E-state index is -4.28. The van der Waals surface area contributed by atoms with Crippen LogP contribution < -0.4 is 9.47 Å². The molecule has 0 bridgehead atoms. The number of alkyl halides is 4. The van der Waals surface area contributed by atoms with Crippen LogP contribution in [0, 0.1) is 0 Å². The molecule has 21 heavy (non-hydrogen) atoms. The first-order valence-corrected chi connectivity index (χ1v) is 7.67. The van der Waals surface area contributed by atoms with Crippen LogP contribution in [0.15, 0.2) is 18.2 Å². The van der Waals surface area contributed by atoms with Gasteiger partial charge in [0.2, 0.25) is 0 Å². The van der Waals surface area contributed by atoms with Gasteiger partial charge in [0.15, 0.2) is 11.5 Å². The molecule has 3 nitrogen and oxygen atoms in total. The smallest absolute Gasteiger partial charge is 0.411 e. The second kappa shape index (κ2) is 9.15. The van der Waals surface area contributed by atoms with E-state index >= 15 is 0 Å². The second-order valence-corrected chi connectivity index (χ2v) is 4.78. The van der Waals surface area contributed by atoms with Gasteiger partial charge in [-0.05, 0) is 24.6 Å². The van der Waals surface area contributed by atoms with E-state index in [2.05, 4.69) is 20.7 Å². The molecule has 1 aromatic rings. The Labute approximate surface area is 130 Å². The van der Waals surface area contributed by atoms with Crippen LogP contribution in [-0.4, -0.2) is 32.6 Å². The molecule has 0 saturated heterocycles. The predicted octanol–water partition coefficient (Wildman–Crippen LogP) is 4.33. The monoisotopic (exact) mass is 370 g/mol. The van der Waals surface area contributed by atoms with Crippen molar-refractivity contribution in [3.05, 3.63) is 23.8 Å². The first-order valence-electron chi connectivity index (χ1n) is 6.55. The summed E-state index contributed by atoms with van der Waals surface area (Å²) in [6.07, 6.45) is -3.91. The van der Waals surface area contributed by atoms with E-state index in [0.29, 0.717) is 29.9 Å². The maximum atomic E-state index is 11.9. The van der Waals surface area contributed by atoms with Crippen molar-refractivity contribution in [1.82, 2.24) is 0 Å². The zero-order valence-corrected chi connectivity index (χ0v) is 13.3. The Morgan fingerprint density at radius 3 is 2.48 bits per heavy atom. The van der Waals surface area contributed by atoms with Crippen LogP contribution >= 0.6 is 15.9 Å². The summed E-state index contributed by atoms with van der Waals surface area (Å²) in [7, 11) is 0. The van der Waals surface area contributed by atoms with Gasteiger partial charge in [-0.3, -0.25) is 0 Å². The highest BCUT2D eigenvalue weighted by atomic mass is 79.9. The Morgan fingerprint density at radius 2 is 1.86 bits per heavy atom. The lowest BCUT2D eigenvalue weighted by atomic mass is 10.2. The van der Waals surface area contributed by atoms with Crippen molar-refractivity contribution < 1.29 is 27.4 Å². The zero-order chi connectivity index (χ0) is 15.7. The van der Waals surface area contributed by atoms with Gasteiger partial charge in [0.05, 0.1) is 19.8 Å². The highest BCUT2D eigenvalue weighted by Crippen LogP contribution is 2.29. The first kappa shape index (κ1) is 18.1. The van der Waals surface area contributed by atoms with Crippen molar-refractivity contribution in [1.29, 1.82) is 0 Å². The molecule has 0 aliphatic rings. The van der Waals surface area contributed by atoms with Gasteiger partial charge in [-0.15, -0.1) is 0 Å². The number of hydrogen-bond donors (Lipinski definition) is 0. The molecule has 0 amide bonds. The fourth-order valence-corrected chi connectivity index (χ4v) is 1.90. The number of halogens is 4. The Morgan fingerprint density at radius 1 is 1.10 bits per heavy atom. The average Bonchev–Trinajstić information content (AvgIpc) is 2.43. The van der Waals surface area contributed by atoms with Gasteiger partial charge in [0.1, 0.15) is 6.61 Å². The van der Waals surface area contributed by atoms with Gasteiger partial charge in [0, 0.05) is 11.8 Å². The van der Waals surface area contributed by atoms with Crippen molar-refractivity contribution in [2.24, 2.45) is 0 Å². The SMILES string of the molecule is CCOc1cc(CBr)ccc1OCCCOCC(F)(F)F. The van der Waals surface area contributed by atoms with Gasteiger partial charge in [0.25, 0.3) is 0 Å². The largest absolute Gasteiger partial charge is 0.490 e. The number of benzene rings is 1. The molecule has 0 radical (unpaired) electrons. The van der Waals surface area contributed by atoms with Crippen LogP contribution in [0.25, 0.3) is 0 Å². The lowest BCUT2D eigenvalue weighted by Crippen LogP contribution is -2.18. The Kier molecular flexibility index (Phi) is 7.88. The molecule has 0 atom stereocenters. The van der Waals surface area contributed by atoms with Crippen molar-refractivity contribution in [2.75, 3.05) is 26.4 Å². The van der Waals surface area contributed by atoms with E-state index in [4.69, 9.17) is 9.47 Å². The van der Waals surface area contributed by atoms with Gasteiger partial charge in [-0.25, -0.2) is 0 Å². The van der Waals surface area contributed by atoms with Gasteiger partial charge < -0.3 is 14.2 Å². The first-order chi connectivity index (χ1) is 9.96. The van der Waals surface area contributed by atoms with E-state index in [0.717, 1.165) is 5.56 Å². The quantitative estimate of drug-likeness (QED) is 0.478. The van der Waals surface area contributed by atoms with E-state index in [9.17, 15) is 13.2 Å². The van der Waals surface area contributed by atoms with Crippen LogP contribution in [0.3, 0.4) is 0 Å². The molecule has 0 heterocycles. The van der Waals surface area contributed by atoms with Crippen molar-refractivity contribution in [3.8, 4) is 11.5 Å². The molecule has 0 aromatic heterocycles. The van der Waals surface area contributed by atoms with Crippen LogP contribution in [0.2, 0.25) is 0 Å². The molecule has 1 rings (SSSR count). The van der Waals surface area contributed by atoms with Crippen molar-refractivity contribution in [2.45, 2.75) is 24.9 Å². The molecule has 0 unspecified atom stereocenters. The predicted molar refractivity (Wildman–Crippen MR) is 77.2 cm³/mol. The molecule has 0 aliphatic carbocycles. The van der Waals surface area contributed by atoms with E-state index in [-0.39, 0.29) is 13.2 Å². The summed E-state index contributed by atoms with van der Waals surface area (Å²) < 4.78 is 51.1. The topological polar surface area (TPSA) is 27.7 Å². The Balaban J connectivity index is 2.37. The van der Waals surface area contributed by atoms with E-state index in [1.807, 2.05) is 19.1 Å². The third kappa shape index (κ3) is 7.57. The Bertz CT molecular complexity index is 424. The third-order valence-electron chi connectivity index (χ3n) is 2.42. The van der Waals surface area contributed by atoms with Gasteiger partial charge in [-0.1, -0.05) is 22.0 Å². The summed E-state index contributed by atoms with van der Waals surface area (Å²) >= 11 is 3.36. The fraction of sp³-hybridized carbons (Fsp3) is 0.571. The standard InChI is InChI=1S/C14H18BrF3O3/c1-2-20-13-8-11(9-15)4-5-12(13)21-7-3-6-19-10-14(16,17)18/h4-5,8H,2-3,6-7,9-10H2,1H3.